The van der Waals surface area contributed by atoms with Crippen molar-refractivity contribution in [3.63, 3.8) is 0 Å². The van der Waals surface area contributed by atoms with Crippen molar-refractivity contribution in [3.8, 4) is 0 Å². The van der Waals surface area contributed by atoms with E-state index in [1.54, 1.807) is 52.7 Å². The van der Waals surface area contributed by atoms with Gasteiger partial charge in [-0.2, -0.15) is 5.10 Å². The van der Waals surface area contributed by atoms with E-state index < -0.39 is 5.60 Å². The molecule has 0 saturated carbocycles. The highest BCUT2D eigenvalue weighted by molar-refractivity contribution is 5.99. The summed E-state index contributed by atoms with van der Waals surface area (Å²) in [5.74, 6) is 0.674. The molecule has 10 heteroatoms. The summed E-state index contributed by atoms with van der Waals surface area (Å²) in [4.78, 5) is 30.0. The maximum Gasteiger partial charge on any atom is 0.259 e. The van der Waals surface area contributed by atoms with Crippen molar-refractivity contribution in [2.24, 2.45) is 0 Å². The van der Waals surface area contributed by atoms with Crippen LogP contribution in [0, 0.1) is 0 Å². The van der Waals surface area contributed by atoms with Crippen LogP contribution in [0.2, 0.25) is 0 Å². The van der Waals surface area contributed by atoms with Gasteiger partial charge >= 0.3 is 0 Å². The Morgan fingerprint density at radius 1 is 1.07 bits per heavy atom. The van der Waals surface area contributed by atoms with Gasteiger partial charge in [0, 0.05) is 37.9 Å². The Balaban J connectivity index is 1.39. The first-order valence-corrected chi connectivity index (χ1v) is 9.54. The van der Waals surface area contributed by atoms with Gasteiger partial charge in [-0.25, -0.2) is 14.5 Å². The van der Waals surface area contributed by atoms with Gasteiger partial charge in [-0.3, -0.25) is 9.78 Å². The fraction of sp³-hybridized carbons (Fsp3) is 0.421. The van der Waals surface area contributed by atoms with Gasteiger partial charge in [-0.1, -0.05) is 0 Å². The van der Waals surface area contributed by atoms with Crippen molar-refractivity contribution in [3.05, 3.63) is 48.8 Å². The summed E-state index contributed by atoms with van der Waals surface area (Å²) in [5.41, 5.74) is 0.414. The Hall–Kier alpha value is -3.11. The lowest BCUT2D eigenvalue weighted by molar-refractivity contribution is -0.124. The van der Waals surface area contributed by atoms with Crippen LogP contribution in [0.3, 0.4) is 0 Å². The third kappa shape index (κ3) is 3.40. The lowest BCUT2D eigenvalue weighted by Crippen LogP contribution is -2.60. The van der Waals surface area contributed by atoms with Gasteiger partial charge in [-0.15, -0.1) is 0 Å². The van der Waals surface area contributed by atoms with Crippen molar-refractivity contribution in [1.29, 1.82) is 0 Å². The number of amides is 1. The van der Waals surface area contributed by atoms with Gasteiger partial charge in [0.2, 0.25) is 0 Å². The fourth-order valence-electron chi connectivity index (χ4n) is 3.91. The molecule has 29 heavy (non-hydrogen) atoms. The van der Waals surface area contributed by atoms with Gasteiger partial charge in [0.25, 0.3) is 5.91 Å². The first-order valence-electron chi connectivity index (χ1n) is 9.54. The van der Waals surface area contributed by atoms with Gasteiger partial charge in [0.15, 0.2) is 5.65 Å². The maximum absolute atomic E-state index is 13.2. The van der Waals surface area contributed by atoms with Crippen LogP contribution < -0.4 is 4.90 Å². The van der Waals surface area contributed by atoms with E-state index in [4.69, 9.17) is 9.47 Å². The lowest BCUT2D eigenvalue weighted by atomic mass is 10.0. The molecule has 5 rings (SSSR count). The van der Waals surface area contributed by atoms with Crippen molar-refractivity contribution in [2.45, 2.75) is 5.60 Å². The second-order valence-corrected chi connectivity index (χ2v) is 7.24. The number of carbonyl (C=O) groups excluding carboxylic acids is 1. The minimum atomic E-state index is -0.627. The highest BCUT2D eigenvalue weighted by Crippen LogP contribution is 2.26. The smallest absolute Gasteiger partial charge is 0.259 e. The normalized spacial score (nSPS) is 22.8. The number of fused-ring (bicyclic) bond motifs is 1. The molecule has 3 aromatic rings. The van der Waals surface area contributed by atoms with Gasteiger partial charge < -0.3 is 19.3 Å². The third-order valence-electron chi connectivity index (χ3n) is 5.27. The summed E-state index contributed by atoms with van der Waals surface area (Å²) < 4.78 is 13.6. The van der Waals surface area contributed by atoms with E-state index in [0.29, 0.717) is 57.2 Å². The molecule has 10 nitrogen and oxygen atoms in total. The number of hydrogen-bond donors (Lipinski definition) is 0. The molecule has 1 spiro atoms. The van der Waals surface area contributed by atoms with Crippen LogP contribution in [-0.2, 0) is 9.47 Å². The van der Waals surface area contributed by atoms with Crippen molar-refractivity contribution in [2.75, 3.05) is 50.9 Å². The Morgan fingerprint density at radius 2 is 2.03 bits per heavy atom. The van der Waals surface area contributed by atoms with Crippen molar-refractivity contribution < 1.29 is 14.3 Å². The van der Waals surface area contributed by atoms with E-state index in [2.05, 4.69) is 25.0 Å². The molecule has 0 N–H and O–H groups in total. The van der Waals surface area contributed by atoms with Crippen LogP contribution in [0.15, 0.2) is 43.2 Å². The Morgan fingerprint density at radius 3 is 2.93 bits per heavy atom. The largest absolute Gasteiger partial charge is 0.376 e. The fourth-order valence-corrected chi connectivity index (χ4v) is 3.91. The highest BCUT2D eigenvalue weighted by Gasteiger charge is 2.42. The summed E-state index contributed by atoms with van der Waals surface area (Å²) in [6.07, 6.45) is 10.1. The molecule has 150 valence electrons. The first-order chi connectivity index (χ1) is 14.2. The highest BCUT2D eigenvalue weighted by atomic mass is 16.5. The summed E-state index contributed by atoms with van der Waals surface area (Å²) in [5, 5.41) is 4.23. The van der Waals surface area contributed by atoms with Crippen LogP contribution in [0.4, 0.5) is 5.82 Å². The molecule has 0 aliphatic carbocycles. The number of hydrogen-bond acceptors (Lipinski definition) is 8. The second-order valence-electron chi connectivity index (χ2n) is 7.24. The number of carbonyl (C=O) groups is 1. The molecule has 2 aliphatic heterocycles. The minimum Gasteiger partial charge on any atom is -0.376 e. The van der Waals surface area contributed by atoms with Gasteiger partial charge in [0.05, 0.1) is 45.3 Å². The monoisotopic (exact) mass is 395 g/mol. The van der Waals surface area contributed by atoms with Gasteiger partial charge in [-0.05, 0) is 6.07 Å². The Bertz CT molecular complexity index is 1010. The number of ether oxygens (including phenoxy) is 2. The molecule has 2 saturated heterocycles. The number of rotatable bonds is 2. The summed E-state index contributed by atoms with van der Waals surface area (Å²) >= 11 is 0. The molecule has 0 bridgehead atoms. The number of morpholine rings is 1. The molecule has 0 radical (unpaired) electrons. The quantitative estimate of drug-likeness (QED) is 0.610. The molecule has 2 aliphatic rings. The standard InChI is InChI=1S/C19H21N7O3/c27-18(15-10-23-26-5-1-2-22-17(15)26)25-7-9-29-19(13-25)12-24(6-8-28-14-19)16-11-20-3-4-21-16/h1-5,10-11H,6-9,12-14H2. The summed E-state index contributed by atoms with van der Waals surface area (Å²) in [7, 11) is 0. The molecule has 1 amide bonds. The van der Waals surface area contributed by atoms with E-state index in [1.807, 2.05) is 0 Å². The van der Waals surface area contributed by atoms with Crippen LogP contribution in [0.25, 0.3) is 5.65 Å². The molecular weight excluding hydrogens is 374 g/mol. The summed E-state index contributed by atoms with van der Waals surface area (Å²) in [6.45, 7) is 3.62. The molecule has 0 aromatic carbocycles. The van der Waals surface area contributed by atoms with Crippen molar-refractivity contribution in [1.82, 2.24) is 29.5 Å². The number of nitrogens with zero attached hydrogens (tertiary/aromatic N) is 7. The van der Waals surface area contributed by atoms with E-state index >= 15 is 0 Å². The number of anilines is 1. The van der Waals surface area contributed by atoms with Crippen LogP contribution in [-0.4, -0.2) is 87.0 Å². The number of aromatic nitrogens is 5. The zero-order chi connectivity index (χ0) is 19.7. The third-order valence-corrected chi connectivity index (χ3v) is 5.27. The maximum atomic E-state index is 13.2. The SMILES string of the molecule is O=C(c1cnn2cccnc12)N1CCOC2(COCCN(c3cnccn3)C2)C1. The zero-order valence-electron chi connectivity index (χ0n) is 15.8. The zero-order valence-corrected chi connectivity index (χ0v) is 15.8. The van der Waals surface area contributed by atoms with E-state index in [1.165, 1.54) is 0 Å². The van der Waals surface area contributed by atoms with E-state index in [-0.39, 0.29) is 5.91 Å². The molecule has 2 fully saturated rings. The average molecular weight is 395 g/mol. The van der Waals surface area contributed by atoms with E-state index in [0.717, 1.165) is 5.82 Å². The van der Waals surface area contributed by atoms with Crippen LogP contribution in [0.1, 0.15) is 10.4 Å². The minimum absolute atomic E-state index is 0.100. The first kappa shape index (κ1) is 18.0. The van der Waals surface area contributed by atoms with Gasteiger partial charge in [0.1, 0.15) is 17.0 Å². The molecular formula is C19H21N7O3. The average Bonchev–Trinajstić information content (AvgIpc) is 3.10. The topological polar surface area (TPSA) is 98.0 Å². The molecule has 3 aromatic heterocycles. The van der Waals surface area contributed by atoms with E-state index in [9.17, 15) is 4.79 Å². The lowest BCUT2D eigenvalue weighted by Gasteiger charge is -2.43. The second kappa shape index (κ2) is 7.37. The Labute approximate surface area is 167 Å². The van der Waals surface area contributed by atoms with Crippen molar-refractivity contribution >= 4 is 17.4 Å². The molecule has 1 atom stereocenters. The predicted molar refractivity (Wildman–Crippen MR) is 103 cm³/mol. The molecule has 5 heterocycles. The van der Waals surface area contributed by atoms with Crippen LogP contribution in [0.5, 0.6) is 0 Å². The van der Waals surface area contributed by atoms with Crippen LogP contribution >= 0.6 is 0 Å². The predicted octanol–water partition coefficient (Wildman–Crippen LogP) is 0.267. The Kier molecular flexibility index (Phi) is 4.57. The molecule has 1 unspecified atom stereocenters. The summed E-state index contributed by atoms with van der Waals surface area (Å²) in [6, 6.07) is 1.78.